The Kier molecular flexibility index (Phi) is 9.28. The summed E-state index contributed by atoms with van der Waals surface area (Å²) < 4.78 is 5.70. The summed E-state index contributed by atoms with van der Waals surface area (Å²) in [5, 5.41) is 6.09. The lowest BCUT2D eigenvalue weighted by Gasteiger charge is -2.35. The highest BCUT2D eigenvalue weighted by Crippen LogP contribution is 2.30. The van der Waals surface area contributed by atoms with Crippen LogP contribution in [0.3, 0.4) is 0 Å². The van der Waals surface area contributed by atoms with Gasteiger partial charge in [-0.3, -0.25) is 9.59 Å². The number of nitrogens with zero attached hydrogens (tertiary/aromatic N) is 1. The van der Waals surface area contributed by atoms with E-state index in [1.54, 1.807) is 0 Å². The monoisotopic (exact) mass is 525 g/mol. The molecule has 204 valence electrons. The van der Waals surface area contributed by atoms with Gasteiger partial charge in [0.05, 0.1) is 11.7 Å². The minimum absolute atomic E-state index is 0.0564. The molecule has 2 N–H and O–H groups in total. The average Bonchev–Trinajstić information content (AvgIpc) is 3.50. The zero-order valence-corrected chi connectivity index (χ0v) is 22.6. The van der Waals surface area contributed by atoms with E-state index in [1.807, 2.05) is 48.5 Å². The van der Waals surface area contributed by atoms with E-state index in [0.717, 1.165) is 63.1 Å². The lowest BCUT2D eigenvalue weighted by Crippen LogP contribution is -2.37. The number of amides is 2. The summed E-state index contributed by atoms with van der Waals surface area (Å²) in [4.78, 5) is 28.4. The van der Waals surface area contributed by atoms with Crippen molar-refractivity contribution in [3.05, 3.63) is 95.6 Å². The SMILES string of the molecule is O=C(CCc1ccccc1)Nc1ccc(N2CCC(Cc3ccccc3)CC2)c(C(=O)NCC2CCCO2)c1. The molecule has 2 amide bonds. The van der Waals surface area contributed by atoms with E-state index in [2.05, 4.69) is 45.9 Å². The van der Waals surface area contributed by atoms with Crippen molar-refractivity contribution in [3.63, 3.8) is 0 Å². The molecule has 39 heavy (non-hydrogen) atoms. The Hall–Kier alpha value is -3.64. The fourth-order valence-electron chi connectivity index (χ4n) is 5.63. The van der Waals surface area contributed by atoms with Crippen LogP contribution in [0.15, 0.2) is 78.9 Å². The number of benzene rings is 3. The first kappa shape index (κ1) is 26.9. The van der Waals surface area contributed by atoms with Crippen molar-refractivity contribution in [3.8, 4) is 0 Å². The minimum atomic E-state index is -0.118. The number of piperidine rings is 1. The Morgan fingerprint density at radius 3 is 2.28 bits per heavy atom. The van der Waals surface area contributed by atoms with Gasteiger partial charge >= 0.3 is 0 Å². The molecule has 2 aliphatic heterocycles. The van der Waals surface area contributed by atoms with Crippen LogP contribution in [0, 0.1) is 5.92 Å². The number of hydrogen-bond acceptors (Lipinski definition) is 4. The third kappa shape index (κ3) is 7.70. The second-order valence-corrected chi connectivity index (χ2v) is 10.7. The summed E-state index contributed by atoms with van der Waals surface area (Å²) in [6.45, 7) is 3.08. The molecule has 0 radical (unpaired) electrons. The van der Waals surface area contributed by atoms with E-state index in [-0.39, 0.29) is 17.9 Å². The number of anilines is 2. The number of ether oxygens (including phenoxy) is 1. The van der Waals surface area contributed by atoms with E-state index in [4.69, 9.17) is 4.74 Å². The first-order chi connectivity index (χ1) is 19.1. The van der Waals surface area contributed by atoms with Crippen LogP contribution in [0.4, 0.5) is 11.4 Å². The van der Waals surface area contributed by atoms with Gasteiger partial charge in [-0.15, -0.1) is 0 Å². The fraction of sp³-hybridized carbons (Fsp3) is 0.394. The average molecular weight is 526 g/mol. The summed E-state index contributed by atoms with van der Waals surface area (Å²) in [6.07, 6.45) is 6.42. The second kappa shape index (κ2) is 13.4. The molecule has 5 rings (SSSR count). The summed E-state index contributed by atoms with van der Waals surface area (Å²) in [6, 6.07) is 26.4. The van der Waals surface area contributed by atoms with Gasteiger partial charge in [0.1, 0.15) is 0 Å². The van der Waals surface area contributed by atoms with Crippen molar-refractivity contribution < 1.29 is 14.3 Å². The van der Waals surface area contributed by atoms with E-state index < -0.39 is 0 Å². The number of aryl methyl sites for hydroxylation is 1. The van der Waals surface area contributed by atoms with Gasteiger partial charge in [0.2, 0.25) is 5.91 Å². The van der Waals surface area contributed by atoms with E-state index in [9.17, 15) is 9.59 Å². The second-order valence-electron chi connectivity index (χ2n) is 10.7. The van der Waals surface area contributed by atoms with Crippen molar-refractivity contribution in [1.29, 1.82) is 0 Å². The summed E-state index contributed by atoms with van der Waals surface area (Å²) in [7, 11) is 0. The van der Waals surface area contributed by atoms with Gasteiger partial charge in [-0.1, -0.05) is 60.7 Å². The molecule has 2 saturated heterocycles. The zero-order chi connectivity index (χ0) is 26.9. The Morgan fingerprint density at radius 1 is 0.872 bits per heavy atom. The standard InChI is InChI=1S/C33H39N3O3/c37-32(16-13-25-8-3-1-4-9-25)35-28-14-15-31(30(23-28)33(38)34-24-29-12-7-21-39-29)36-19-17-27(18-20-36)22-26-10-5-2-6-11-26/h1-6,8-11,14-15,23,27,29H,7,12-13,16-22,24H2,(H,34,38)(H,35,37). The molecule has 2 aliphatic rings. The van der Waals surface area contributed by atoms with E-state index in [1.165, 1.54) is 5.56 Å². The van der Waals surface area contributed by atoms with Gasteiger partial charge in [-0.25, -0.2) is 0 Å². The van der Waals surface area contributed by atoms with Crippen molar-refractivity contribution in [2.75, 3.05) is 36.5 Å². The molecule has 2 heterocycles. The number of hydrogen-bond donors (Lipinski definition) is 2. The van der Waals surface area contributed by atoms with Gasteiger partial charge in [0.25, 0.3) is 5.91 Å². The van der Waals surface area contributed by atoms with E-state index >= 15 is 0 Å². The van der Waals surface area contributed by atoms with Crippen LogP contribution in [0.1, 0.15) is 53.6 Å². The number of nitrogens with one attached hydrogen (secondary N) is 2. The Bertz CT molecular complexity index is 1220. The Morgan fingerprint density at radius 2 is 1.59 bits per heavy atom. The number of carbonyl (C=O) groups excluding carboxylic acids is 2. The third-order valence-electron chi connectivity index (χ3n) is 7.85. The molecule has 6 heteroatoms. The molecule has 0 saturated carbocycles. The highest BCUT2D eigenvalue weighted by atomic mass is 16.5. The van der Waals surface area contributed by atoms with Crippen LogP contribution in [0.25, 0.3) is 0 Å². The smallest absolute Gasteiger partial charge is 0.253 e. The Labute approximate surface area is 231 Å². The zero-order valence-electron chi connectivity index (χ0n) is 22.6. The van der Waals surface area contributed by atoms with Gasteiger partial charge in [0, 0.05) is 44.0 Å². The number of carbonyl (C=O) groups is 2. The van der Waals surface area contributed by atoms with Gasteiger partial charge in [-0.2, -0.15) is 0 Å². The predicted molar refractivity (Wildman–Crippen MR) is 156 cm³/mol. The first-order valence-electron chi connectivity index (χ1n) is 14.3. The largest absolute Gasteiger partial charge is 0.376 e. The molecule has 1 unspecified atom stereocenters. The van der Waals surface area contributed by atoms with Crippen LogP contribution >= 0.6 is 0 Å². The fourth-order valence-corrected chi connectivity index (χ4v) is 5.63. The van der Waals surface area contributed by atoms with Crippen molar-refractivity contribution in [2.45, 2.75) is 51.0 Å². The highest BCUT2D eigenvalue weighted by molar-refractivity contribution is 6.02. The lowest BCUT2D eigenvalue weighted by molar-refractivity contribution is -0.116. The molecule has 0 bridgehead atoms. The normalized spacial score (nSPS) is 17.6. The quantitative estimate of drug-likeness (QED) is 0.360. The molecule has 0 spiro atoms. The predicted octanol–water partition coefficient (Wildman–Crippen LogP) is 5.63. The van der Waals surface area contributed by atoms with Crippen molar-refractivity contribution >= 4 is 23.2 Å². The van der Waals surface area contributed by atoms with Crippen LogP contribution in [-0.4, -0.2) is 44.2 Å². The molecule has 0 aromatic heterocycles. The summed E-state index contributed by atoms with van der Waals surface area (Å²) in [5.74, 6) is 0.468. The third-order valence-corrected chi connectivity index (χ3v) is 7.85. The highest BCUT2D eigenvalue weighted by Gasteiger charge is 2.25. The molecular formula is C33H39N3O3. The molecule has 1 atom stereocenters. The lowest BCUT2D eigenvalue weighted by atomic mass is 9.89. The molecule has 0 aliphatic carbocycles. The number of rotatable bonds is 10. The Balaban J connectivity index is 1.25. The maximum absolute atomic E-state index is 13.4. The summed E-state index contributed by atoms with van der Waals surface area (Å²) >= 11 is 0. The van der Waals surface area contributed by atoms with Crippen LogP contribution in [0.5, 0.6) is 0 Å². The van der Waals surface area contributed by atoms with Gasteiger partial charge in [0.15, 0.2) is 0 Å². The van der Waals surface area contributed by atoms with Crippen molar-refractivity contribution in [2.24, 2.45) is 5.92 Å². The van der Waals surface area contributed by atoms with Crippen LogP contribution < -0.4 is 15.5 Å². The first-order valence-corrected chi connectivity index (χ1v) is 14.3. The summed E-state index contributed by atoms with van der Waals surface area (Å²) in [5.41, 5.74) is 4.71. The molecule has 3 aromatic carbocycles. The molecule has 3 aromatic rings. The maximum Gasteiger partial charge on any atom is 0.253 e. The van der Waals surface area contributed by atoms with E-state index in [0.29, 0.717) is 36.6 Å². The minimum Gasteiger partial charge on any atom is -0.376 e. The topological polar surface area (TPSA) is 70.7 Å². The van der Waals surface area contributed by atoms with Crippen LogP contribution in [-0.2, 0) is 22.4 Å². The van der Waals surface area contributed by atoms with Gasteiger partial charge < -0.3 is 20.3 Å². The van der Waals surface area contributed by atoms with Crippen molar-refractivity contribution in [1.82, 2.24) is 5.32 Å². The van der Waals surface area contributed by atoms with Gasteiger partial charge in [-0.05, 0) is 73.8 Å². The molecule has 6 nitrogen and oxygen atoms in total. The molecular weight excluding hydrogens is 486 g/mol. The molecule has 2 fully saturated rings. The maximum atomic E-state index is 13.4. The van der Waals surface area contributed by atoms with Crippen LogP contribution in [0.2, 0.25) is 0 Å².